The summed E-state index contributed by atoms with van der Waals surface area (Å²) in [7, 11) is 1.64. The molecule has 0 aliphatic heterocycles. The molecule has 0 unspecified atom stereocenters. The van der Waals surface area contributed by atoms with Crippen molar-refractivity contribution in [1.82, 2.24) is 9.88 Å². The summed E-state index contributed by atoms with van der Waals surface area (Å²) in [5.74, 6) is 0.839. The summed E-state index contributed by atoms with van der Waals surface area (Å²) < 4.78 is 5.69. The Morgan fingerprint density at radius 3 is 2.80 bits per heavy atom. The molecule has 0 radical (unpaired) electrons. The van der Waals surface area contributed by atoms with Crippen LogP contribution in [0, 0.1) is 0 Å². The Morgan fingerprint density at radius 1 is 1.30 bits per heavy atom. The lowest BCUT2D eigenvalue weighted by Crippen LogP contribution is -2.29. The number of amides is 1. The second kappa shape index (κ2) is 6.68. The number of nitrogens with zero attached hydrogens (tertiary/aromatic N) is 2. The zero-order chi connectivity index (χ0) is 14.4. The van der Waals surface area contributed by atoms with Crippen molar-refractivity contribution in [2.24, 2.45) is 0 Å². The van der Waals surface area contributed by atoms with Crippen molar-refractivity contribution in [3.05, 3.63) is 54.4 Å². The number of hydrogen-bond donors (Lipinski definition) is 1. The average Bonchev–Trinajstić information content (AvgIpc) is 2.48. The lowest BCUT2D eigenvalue weighted by atomic mass is 10.1. The summed E-state index contributed by atoms with van der Waals surface area (Å²) >= 11 is 0. The number of ether oxygens (including phenoxy) is 1. The molecule has 5 heteroatoms. The molecule has 0 aliphatic rings. The Kier molecular flexibility index (Phi) is 4.68. The quantitative estimate of drug-likeness (QED) is 0.903. The maximum atomic E-state index is 12.3. The molecule has 0 spiro atoms. The minimum absolute atomic E-state index is 0.0755. The number of carbonyl (C=O) groups is 1. The number of para-hydroxylation sites is 1. The summed E-state index contributed by atoms with van der Waals surface area (Å²) in [6.07, 6.45) is 3.23. The van der Waals surface area contributed by atoms with Gasteiger partial charge >= 0.3 is 0 Å². The van der Waals surface area contributed by atoms with Gasteiger partial charge in [-0.3, -0.25) is 9.78 Å². The zero-order valence-corrected chi connectivity index (χ0v) is 11.2. The predicted octanol–water partition coefficient (Wildman–Crippen LogP) is 1.94. The minimum Gasteiger partial charge on any atom is -0.455 e. The lowest BCUT2D eigenvalue weighted by Gasteiger charge is -2.17. The first-order valence-electron chi connectivity index (χ1n) is 6.25. The molecule has 0 saturated heterocycles. The lowest BCUT2D eigenvalue weighted by molar-refractivity contribution is 0.0764. The smallest absolute Gasteiger partial charge is 0.257 e. The van der Waals surface area contributed by atoms with Gasteiger partial charge in [-0.2, -0.15) is 0 Å². The highest BCUT2D eigenvalue weighted by Gasteiger charge is 2.16. The highest BCUT2D eigenvalue weighted by Crippen LogP contribution is 2.25. The van der Waals surface area contributed by atoms with Crippen LogP contribution in [0.1, 0.15) is 10.4 Å². The topological polar surface area (TPSA) is 62.7 Å². The van der Waals surface area contributed by atoms with Gasteiger partial charge < -0.3 is 14.7 Å². The molecular weight excluding hydrogens is 256 g/mol. The normalized spacial score (nSPS) is 10.1. The number of aliphatic hydroxyl groups is 1. The summed E-state index contributed by atoms with van der Waals surface area (Å²) in [6.45, 7) is 0.202. The van der Waals surface area contributed by atoms with Gasteiger partial charge in [0.15, 0.2) is 0 Å². The van der Waals surface area contributed by atoms with E-state index in [2.05, 4.69) is 4.98 Å². The van der Waals surface area contributed by atoms with E-state index in [1.807, 2.05) is 0 Å². The van der Waals surface area contributed by atoms with Gasteiger partial charge in [0.2, 0.25) is 0 Å². The van der Waals surface area contributed by atoms with Gasteiger partial charge in [-0.1, -0.05) is 12.1 Å². The van der Waals surface area contributed by atoms with E-state index in [0.717, 1.165) is 0 Å². The summed E-state index contributed by atoms with van der Waals surface area (Å²) in [4.78, 5) is 17.7. The zero-order valence-electron chi connectivity index (χ0n) is 11.2. The van der Waals surface area contributed by atoms with Gasteiger partial charge in [0, 0.05) is 19.8 Å². The summed E-state index contributed by atoms with van der Waals surface area (Å²) in [5, 5.41) is 8.90. The molecule has 2 aromatic rings. The second-order valence-corrected chi connectivity index (χ2v) is 4.24. The second-order valence-electron chi connectivity index (χ2n) is 4.24. The van der Waals surface area contributed by atoms with Crippen LogP contribution in [0.25, 0.3) is 0 Å². The number of carbonyl (C=O) groups excluding carboxylic acids is 1. The van der Waals surface area contributed by atoms with Crippen LogP contribution in [0.15, 0.2) is 48.8 Å². The first kappa shape index (κ1) is 14.0. The van der Waals surface area contributed by atoms with Gasteiger partial charge in [-0.15, -0.1) is 0 Å². The van der Waals surface area contributed by atoms with Crippen molar-refractivity contribution in [2.45, 2.75) is 0 Å². The number of benzene rings is 1. The van der Waals surface area contributed by atoms with E-state index < -0.39 is 0 Å². The average molecular weight is 272 g/mol. The number of aliphatic hydroxyl groups excluding tert-OH is 1. The molecule has 1 N–H and O–H groups in total. The molecule has 2 rings (SSSR count). The molecule has 20 heavy (non-hydrogen) atoms. The Morgan fingerprint density at radius 2 is 2.10 bits per heavy atom. The Hall–Kier alpha value is -2.40. The SMILES string of the molecule is CN(CCO)C(=O)c1ccccc1Oc1cccnc1. The fraction of sp³-hybridized carbons (Fsp3) is 0.200. The van der Waals surface area contributed by atoms with Crippen LogP contribution in [-0.2, 0) is 0 Å². The van der Waals surface area contributed by atoms with Crippen LogP contribution < -0.4 is 4.74 Å². The molecular formula is C15H16N2O3. The molecule has 1 aromatic carbocycles. The molecule has 1 heterocycles. The van der Waals surface area contributed by atoms with Crippen LogP contribution in [-0.4, -0.2) is 41.1 Å². The molecule has 0 bridgehead atoms. The monoisotopic (exact) mass is 272 g/mol. The van der Waals surface area contributed by atoms with E-state index in [9.17, 15) is 4.79 Å². The van der Waals surface area contributed by atoms with Crippen molar-refractivity contribution in [2.75, 3.05) is 20.2 Å². The number of pyridine rings is 1. The van der Waals surface area contributed by atoms with E-state index in [1.54, 1.807) is 55.8 Å². The Balaban J connectivity index is 2.24. The van der Waals surface area contributed by atoms with E-state index >= 15 is 0 Å². The van der Waals surface area contributed by atoms with E-state index in [-0.39, 0.29) is 19.1 Å². The predicted molar refractivity (Wildman–Crippen MR) is 74.8 cm³/mol. The van der Waals surface area contributed by atoms with Gasteiger partial charge in [0.1, 0.15) is 11.5 Å². The Labute approximate surface area is 117 Å². The third-order valence-electron chi connectivity index (χ3n) is 2.76. The number of likely N-dealkylation sites (N-methyl/N-ethyl adjacent to an activating group) is 1. The van der Waals surface area contributed by atoms with Gasteiger partial charge in [0.25, 0.3) is 5.91 Å². The maximum absolute atomic E-state index is 12.3. The first-order valence-corrected chi connectivity index (χ1v) is 6.25. The van der Waals surface area contributed by atoms with Gasteiger partial charge in [-0.05, 0) is 24.3 Å². The van der Waals surface area contributed by atoms with Gasteiger partial charge in [0.05, 0.1) is 18.4 Å². The van der Waals surface area contributed by atoms with Crippen LogP contribution in [0.5, 0.6) is 11.5 Å². The molecule has 0 atom stereocenters. The molecule has 1 aromatic heterocycles. The third-order valence-corrected chi connectivity index (χ3v) is 2.76. The summed E-state index contributed by atoms with van der Waals surface area (Å²) in [6, 6.07) is 10.5. The Bertz CT molecular complexity index is 572. The number of aromatic nitrogens is 1. The van der Waals surface area contributed by atoms with Crippen LogP contribution in [0.4, 0.5) is 0 Å². The molecule has 5 nitrogen and oxygen atoms in total. The largest absolute Gasteiger partial charge is 0.455 e. The van der Waals surface area contributed by atoms with Crippen molar-refractivity contribution < 1.29 is 14.6 Å². The van der Waals surface area contributed by atoms with E-state index in [4.69, 9.17) is 9.84 Å². The van der Waals surface area contributed by atoms with E-state index in [1.165, 1.54) is 4.90 Å². The third kappa shape index (κ3) is 3.33. The molecule has 0 saturated carbocycles. The van der Waals surface area contributed by atoms with Crippen molar-refractivity contribution >= 4 is 5.91 Å². The molecule has 0 aliphatic carbocycles. The van der Waals surface area contributed by atoms with Crippen molar-refractivity contribution in [3.63, 3.8) is 0 Å². The molecule has 0 fully saturated rings. The summed E-state index contributed by atoms with van der Waals surface area (Å²) in [5.41, 5.74) is 0.451. The van der Waals surface area contributed by atoms with Crippen LogP contribution in [0.3, 0.4) is 0 Å². The highest BCUT2D eigenvalue weighted by molar-refractivity contribution is 5.96. The molecule has 1 amide bonds. The highest BCUT2D eigenvalue weighted by atomic mass is 16.5. The number of rotatable bonds is 5. The standard InChI is InChI=1S/C15H16N2O3/c1-17(9-10-18)15(19)13-6-2-3-7-14(13)20-12-5-4-8-16-11-12/h2-8,11,18H,9-10H2,1H3. The van der Waals surface area contributed by atoms with Gasteiger partial charge in [-0.25, -0.2) is 0 Å². The maximum Gasteiger partial charge on any atom is 0.257 e. The van der Waals surface area contributed by atoms with Crippen molar-refractivity contribution in [3.8, 4) is 11.5 Å². The van der Waals surface area contributed by atoms with Crippen molar-refractivity contribution in [1.29, 1.82) is 0 Å². The van der Waals surface area contributed by atoms with E-state index in [0.29, 0.717) is 17.1 Å². The minimum atomic E-state index is -0.196. The van der Waals surface area contributed by atoms with Crippen LogP contribution in [0.2, 0.25) is 0 Å². The fourth-order valence-corrected chi connectivity index (χ4v) is 1.72. The molecule has 104 valence electrons. The fourth-order valence-electron chi connectivity index (χ4n) is 1.72. The first-order chi connectivity index (χ1) is 9.72. The number of hydrogen-bond acceptors (Lipinski definition) is 4. The van der Waals surface area contributed by atoms with Crippen LogP contribution >= 0.6 is 0 Å².